The molecule has 3 aromatic rings. The van der Waals surface area contributed by atoms with Crippen molar-refractivity contribution in [2.75, 3.05) is 0 Å². The normalized spacial score (nSPS) is 10.8. The molecule has 0 aliphatic rings. The Labute approximate surface area is 150 Å². The van der Waals surface area contributed by atoms with Gasteiger partial charge in [0.25, 0.3) is 0 Å². The number of aromatic amines is 1. The molecule has 5 nitrogen and oxygen atoms in total. The molecule has 0 radical (unpaired) electrons. The summed E-state index contributed by atoms with van der Waals surface area (Å²) >= 11 is 1.52. The summed E-state index contributed by atoms with van der Waals surface area (Å²) in [5, 5.41) is 2.99. The molecule has 2 heterocycles. The van der Waals surface area contributed by atoms with E-state index in [-0.39, 0.29) is 24.7 Å². The van der Waals surface area contributed by atoms with Crippen LogP contribution < -0.4 is 10.9 Å². The lowest BCUT2D eigenvalue weighted by atomic mass is 10.0. The second-order valence-electron chi connectivity index (χ2n) is 5.99. The number of thiophene rings is 1. The summed E-state index contributed by atoms with van der Waals surface area (Å²) in [6, 6.07) is 10.1. The number of H-pyrrole nitrogens is 1. The molecule has 25 heavy (non-hydrogen) atoms. The minimum absolute atomic E-state index is 0.221. The number of hydrogen-bond donors (Lipinski definition) is 3. The molecular formula is C19H21N3O2S. The second kappa shape index (κ2) is 7.53. The van der Waals surface area contributed by atoms with Crippen LogP contribution in [0.15, 0.2) is 35.7 Å². The van der Waals surface area contributed by atoms with E-state index in [1.165, 1.54) is 16.9 Å². The van der Waals surface area contributed by atoms with Crippen molar-refractivity contribution in [1.29, 1.82) is 0 Å². The molecule has 6 heteroatoms. The Balaban J connectivity index is 1.63. The maximum absolute atomic E-state index is 12.2. The maximum atomic E-state index is 12.2. The molecular weight excluding hydrogens is 334 g/mol. The van der Waals surface area contributed by atoms with Crippen LogP contribution in [0.3, 0.4) is 0 Å². The SMILES string of the molecule is CCc1ccc2[nH]c(C)c(CC(=O)NNC(=O)Cc3cccs3)c2c1. The van der Waals surface area contributed by atoms with E-state index in [1.807, 2.05) is 30.5 Å². The molecule has 3 rings (SSSR count). The van der Waals surface area contributed by atoms with E-state index in [0.717, 1.165) is 33.5 Å². The summed E-state index contributed by atoms with van der Waals surface area (Å²) in [4.78, 5) is 28.4. The van der Waals surface area contributed by atoms with Crippen LogP contribution in [0.25, 0.3) is 10.9 Å². The Kier molecular flexibility index (Phi) is 5.19. The fourth-order valence-corrected chi connectivity index (χ4v) is 3.54. The molecule has 0 aliphatic carbocycles. The van der Waals surface area contributed by atoms with Crippen LogP contribution in [0, 0.1) is 6.92 Å². The predicted octanol–water partition coefficient (Wildman–Crippen LogP) is 3.03. The maximum Gasteiger partial charge on any atom is 0.243 e. The third-order valence-corrected chi connectivity index (χ3v) is 5.06. The van der Waals surface area contributed by atoms with Crippen molar-refractivity contribution < 1.29 is 9.59 Å². The molecule has 2 amide bonds. The van der Waals surface area contributed by atoms with Gasteiger partial charge < -0.3 is 4.98 Å². The first-order valence-corrected chi connectivity index (χ1v) is 9.15. The Hall–Kier alpha value is -2.60. The number of carbonyl (C=O) groups excluding carboxylic acids is 2. The van der Waals surface area contributed by atoms with E-state index in [1.54, 1.807) is 0 Å². The van der Waals surface area contributed by atoms with Crippen LogP contribution in [0.4, 0.5) is 0 Å². The summed E-state index contributed by atoms with van der Waals surface area (Å²) in [7, 11) is 0. The van der Waals surface area contributed by atoms with Gasteiger partial charge in [-0.25, -0.2) is 0 Å². The Bertz CT molecular complexity index is 897. The third kappa shape index (κ3) is 4.09. The summed E-state index contributed by atoms with van der Waals surface area (Å²) in [6.45, 7) is 4.07. The van der Waals surface area contributed by atoms with Gasteiger partial charge in [-0.2, -0.15) is 0 Å². The lowest BCUT2D eigenvalue weighted by Gasteiger charge is -2.07. The highest BCUT2D eigenvalue weighted by Gasteiger charge is 2.13. The largest absolute Gasteiger partial charge is 0.358 e. The average molecular weight is 355 g/mol. The fraction of sp³-hybridized carbons (Fsp3) is 0.263. The summed E-state index contributed by atoms with van der Waals surface area (Å²) in [5.74, 6) is -0.454. The molecule has 1 aromatic carbocycles. The van der Waals surface area contributed by atoms with E-state index in [4.69, 9.17) is 0 Å². The minimum Gasteiger partial charge on any atom is -0.358 e. The highest BCUT2D eigenvalue weighted by atomic mass is 32.1. The molecule has 3 N–H and O–H groups in total. The molecule has 0 aliphatic heterocycles. The van der Waals surface area contributed by atoms with E-state index in [9.17, 15) is 9.59 Å². The van der Waals surface area contributed by atoms with Crippen molar-refractivity contribution in [1.82, 2.24) is 15.8 Å². The lowest BCUT2D eigenvalue weighted by Crippen LogP contribution is -2.43. The Morgan fingerprint density at radius 2 is 1.88 bits per heavy atom. The summed E-state index contributed by atoms with van der Waals surface area (Å²) < 4.78 is 0. The number of rotatable bonds is 5. The smallest absolute Gasteiger partial charge is 0.243 e. The highest BCUT2D eigenvalue weighted by molar-refractivity contribution is 7.10. The summed E-state index contributed by atoms with van der Waals surface area (Å²) in [6.07, 6.45) is 1.44. The molecule has 0 saturated heterocycles. The van der Waals surface area contributed by atoms with Crippen molar-refractivity contribution >= 4 is 34.1 Å². The molecule has 0 unspecified atom stereocenters. The summed E-state index contributed by atoms with van der Waals surface area (Å²) in [5.41, 5.74) is 9.19. The number of aryl methyl sites for hydroxylation is 2. The van der Waals surface area contributed by atoms with Crippen LogP contribution in [-0.4, -0.2) is 16.8 Å². The minimum atomic E-state index is -0.231. The number of benzene rings is 1. The monoisotopic (exact) mass is 355 g/mol. The zero-order chi connectivity index (χ0) is 17.8. The average Bonchev–Trinajstić information content (AvgIpc) is 3.21. The van der Waals surface area contributed by atoms with Gasteiger partial charge in [-0.1, -0.05) is 19.1 Å². The molecule has 0 fully saturated rings. The van der Waals surface area contributed by atoms with E-state index < -0.39 is 0 Å². The van der Waals surface area contributed by atoms with Gasteiger partial charge in [0.15, 0.2) is 0 Å². The van der Waals surface area contributed by atoms with E-state index in [0.29, 0.717) is 0 Å². The van der Waals surface area contributed by atoms with Gasteiger partial charge in [0.05, 0.1) is 12.8 Å². The fourth-order valence-electron chi connectivity index (χ4n) is 2.84. The Morgan fingerprint density at radius 3 is 2.56 bits per heavy atom. The van der Waals surface area contributed by atoms with Crippen LogP contribution in [-0.2, 0) is 28.9 Å². The van der Waals surface area contributed by atoms with Crippen LogP contribution in [0.2, 0.25) is 0 Å². The zero-order valence-corrected chi connectivity index (χ0v) is 15.1. The quantitative estimate of drug-likeness (QED) is 0.616. The number of hydrazine groups is 1. The van der Waals surface area contributed by atoms with Crippen molar-refractivity contribution in [3.8, 4) is 0 Å². The molecule has 0 saturated carbocycles. The van der Waals surface area contributed by atoms with Gasteiger partial charge in [-0.05, 0) is 48.1 Å². The van der Waals surface area contributed by atoms with Crippen molar-refractivity contribution in [3.05, 3.63) is 57.4 Å². The van der Waals surface area contributed by atoms with Gasteiger partial charge >= 0.3 is 0 Å². The molecule has 130 valence electrons. The van der Waals surface area contributed by atoms with Crippen molar-refractivity contribution in [3.63, 3.8) is 0 Å². The lowest BCUT2D eigenvalue weighted by molar-refractivity contribution is -0.128. The van der Waals surface area contributed by atoms with E-state index in [2.05, 4.69) is 34.9 Å². The standard InChI is InChI=1S/C19H21N3O2S/c1-3-13-6-7-17-16(9-13)15(12(2)20-17)11-19(24)22-21-18(23)10-14-5-4-8-25-14/h4-9,20H,3,10-11H2,1-2H3,(H,21,23)(H,22,24). The molecule has 0 atom stereocenters. The third-order valence-electron chi connectivity index (χ3n) is 4.19. The van der Waals surface area contributed by atoms with Crippen molar-refractivity contribution in [2.45, 2.75) is 33.1 Å². The molecule has 2 aromatic heterocycles. The second-order valence-corrected chi connectivity index (χ2v) is 7.02. The van der Waals surface area contributed by atoms with Crippen molar-refractivity contribution in [2.24, 2.45) is 0 Å². The van der Waals surface area contributed by atoms with Gasteiger partial charge in [-0.3, -0.25) is 20.4 Å². The first kappa shape index (κ1) is 17.2. The number of nitrogens with one attached hydrogen (secondary N) is 3. The van der Waals surface area contributed by atoms with Crippen LogP contribution in [0.1, 0.15) is 28.6 Å². The topological polar surface area (TPSA) is 74.0 Å². The van der Waals surface area contributed by atoms with Crippen LogP contribution in [0.5, 0.6) is 0 Å². The number of carbonyl (C=O) groups is 2. The first-order valence-electron chi connectivity index (χ1n) is 8.27. The Morgan fingerprint density at radius 1 is 1.12 bits per heavy atom. The predicted molar refractivity (Wildman–Crippen MR) is 100 cm³/mol. The van der Waals surface area contributed by atoms with Gasteiger partial charge in [0.1, 0.15) is 0 Å². The van der Waals surface area contributed by atoms with Gasteiger partial charge in [-0.15, -0.1) is 11.3 Å². The molecule has 0 spiro atoms. The number of amides is 2. The number of hydrogen-bond acceptors (Lipinski definition) is 3. The van der Waals surface area contributed by atoms with Crippen LogP contribution >= 0.6 is 11.3 Å². The van der Waals surface area contributed by atoms with E-state index >= 15 is 0 Å². The van der Waals surface area contributed by atoms with Gasteiger partial charge in [0, 0.05) is 21.5 Å². The zero-order valence-electron chi connectivity index (χ0n) is 14.3. The van der Waals surface area contributed by atoms with Gasteiger partial charge in [0.2, 0.25) is 11.8 Å². The highest BCUT2D eigenvalue weighted by Crippen LogP contribution is 2.24. The number of aromatic nitrogens is 1. The first-order chi connectivity index (χ1) is 12.1. The molecule has 0 bridgehead atoms. The number of fused-ring (bicyclic) bond motifs is 1.